The molecule has 0 heterocycles. The molecule has 0 spiro atoms. The van der Waals surface area contributed by atoms with E-state index in [0.29, 0.717) is 16.7 Å². The first-order valence-corrected chi connectivity index (χ1v) is 8.63. The maximum absolute atomic E-state index is 6.22. The molecule has 2 rings (SSSR count). The van der Waals surface area contributed by atoms with Crippen LogP contribution in [0.1, 0.15) is 17.2 Å². The molecule has 0 amide bonds. The minimum absolute atomic E-state index is 0.0592. The Morgan fingerprint density at radius 2 is 1.60 bits per heavy atom. The molecule has 0 aliphatic rings. The lowest BCUT2D eigenvalue weighted by Gasteiger charge is -2.17. The maximum atomic E-state index is 6.22. The molecule has 0 saturated heterocycles. The van der Waals surface area contributed by atoms with Crippen molar-refractivity contribution in [1.82, 2.24) is 0 Å². The van der Waals surface area contributed by atoms with Crippen LogP contribution in [0.2, 0.25) is 15.1 Å². The number of alkyl halides is 1. The molecule has 5 heteroatoms. The maximum Gasteiger partial charge on any atom is 0.0933 e. The summed E-state index contributed by atoms with van der Waals surface area (Å²) in [5.41, 5.74) is 2.04. The van der Waals surface area contributed by atoms with Crippen molar-refractivity contribution in [3.63, 3.8) is 0 Å². The Balaban J connectivity index is 2.07. The van der Waals surface area contributed by atoms with Gasteiger partial charge in [0.2, 0.25) is 0 Å². The molecule has 0 fully saturated rings. The summed E-state index contributed by atoms with van der Waals surface area (Å²) in [5, 5.41) is 1.99. The summed E-state index contributed by atoms with van der Waals surface area (Å²) in [6, 6.07) is 13.1. The lowest BCUT2D eigenvalue weighted by atomic mass is 10.1. The van der Waals surface area contributed by atoms with E-state index in [1.165, 1.54) is 0 Å². The Kier molecular flexibility index (Phi) is 6.43. The molecule has 1 unspecified atom stereocenters. The second-order valence-corrected chi connectivity index (χ2v) is 6.41. The van der Waals surface area contributed by atoms with Crippen molar-refractivity contribution in [2.45, 2.75) is 12.7 Å². The van der Waals surface area contributed by atoms with Gasteiger partial charge in [-0.3, -0.25) is 0 Å². The molecule has 1 nitrogen and oxygen atoms in total. The molecule has 20 heavy (non-hydrogen) atoms. The van der Waals surface area contributed by atoms with Gasteiger partial charge in [-0.2, -0.15) is 0 Å². The zero-order valence-electron chi connectivity index (χ0n) is 10.5. The van der Waals surface area contributed by atoms with Gasteiger partial charge in [-0.05, 0) is 29.8 Å². The van der Waals surface area contributed by atoms with E-state index in [9.17, 15) is 0 Å². The monoisotopic (exact) mass is 440 g/mol. The predicted molar refractivity (Wildman–Crippen MR) is 94.3 cm³/mol. The van der Waals surface area contributed by atoms with E-state index >= 15 is 0 Å². The fraction of sp³-hybridized carbons (Fsp3) is 0.200. The molecule has 2 aromatic rings. The van der Waals surface area contributed by atoms with Gasteiger partial charge < -0.3 is 4.74 Å². The third kappa shape index (κ3) is 4.50. The van der Waals surface area contributed by atoms with Crippen LogP contribution in [0.5, 0.6) is 0 Å². The summed E-state index contributed by atoms with van der Waals surface area (Å²) < 4.78 is 6.76. The minimum Gasteiger partial charge on any atom is -0.368 e. The normalized spacial score (nSPS) is 12.4. The molecule has 0 bridgehead atoms. The molecule has 106 valence electrons. The van der Waals surface area contributed by atoms with Crippen LogP contribution in [0.3, 0.4) is 0 Å². The number of rotatable bonds is 5. The largest absolute Gasteiger partial charge is 0.368 e. The molecule has 1 atom stereocenters. The number of benzene rings is 2. The summed E-state index contributed by atoms with van der Waals surface area (Å²) in [5.74, 6) is 0. The first-order valence-electron chi connectivity index (χ1n) is 5.97. The Morgan fingerprint density at radius 3 is 2.20 bits per heavy atom. The van der Waals surface area contributed by atoms with E-state index in [4.69, 9.17) is 39.5 Å². The molecule has 0 aliphatic carbocycles. The van der Waals surface area contributed by atoms with E-state index < -0.39 is 0 Å². The van der Waals surface area contributed by atoms with Crippen LogP contribution in [-0.4, -0.2) is 4.43 Å². The summed E-state index contributed by atoms with van der Waals surface area (Å²) in [4.78, 5) is 0. The molecule has 0 saturated carbocycles. The topological polar surface area (TPSA) is 9.23 Å². The van der Waals surface area contributed by atoms with Crippen LogP contribution in [0.15, 0.2) is 42.5 Å². The van der Waals surface area contributed by atoms with Gasteiger partial charge in [0.25, 0.3) is 0 Å². The van der Waals surface area contributed by atoms with Gasteiger partial charge in [-0.1, -0.05) is 75.6 Å². The lowest BCUT2D eigenvalue weighted by Crippen LogP contribution is -2.06. The van der Waals surface area contributed by atoms with E-state index in [1.807, 2.05) is 36.4 Å². The van der Waals surface area contributed by atoms with Gasteiger partial charge in [-0.25, -0.2) is 0 Å². The van der Waals surface area contributed by atoms with Crippen LogP contribution >= 0.6 is 57.4 Å². The third-order valence-corrected chi connectivity index (χ3v) is 4.43. The highest BCUT2D eigenvalue weighted by Gasteiger charge is 2.14. The minimum atomic E-state index is -0.0592. The standard InChI is InChI=1S/C15H12Cl3IO/c16-11-3-1-10(2-4-11)9-20-15(8-19)13-6-5-12(17)7-14(13)18/h1-7,15H,8-9H2. The average Bonchev–Trinajstić information content (AvgIpc) is 2.43. The number of hydrogen-bond acceptors (Lipinski definition) is 1. The van der Waals surface area contributed by atoms with E-state index in [0.717, 1.165) is 20.6 Å². The Hall–Kier alpha value is -0.000000000000000111. The van der Waals surface area contributed by atoms with Crippen LogP contribution in [0.25, 0.3) is 0 Å². The fourth-order valence-corrected chi connectivity index (χ4v) is 3.14. The van der Waals surface area contributed by atoms with E-state index in [1.54, 1.807) is 6.07 Å². The van der Waals surface area contributed by atoms with Gasteiger partial charge >= 0.3 is 0 Å². The van der Waals surface area contributed by atoms with Gasteiger partial charge in [0.1, 0.15) is 0 Å². The number of halogens is 4. The molecule has 0 radical (unpaired) electrons. The van der Waals surface area contributed by atoms with Crippen LogP contribution in [-0.2, 0) is 11.3 Å². The fourth-order valence-electron chi connectivity index (χ4n) is 1.76. The van der Waals surface area contributed by atoms with E-state index in [2.05, 4.69) is 22.6 Å². The van der Waals surface area contributed by atoms with Crippen molar-refractivity contribution >= 4 is 57.4 Å². The summed E-state index contributed by atoms with van der Waals surface area (Å²) >= 11 is 20.3. The molecule has 0 N–H and O–H groups in total. The van der Waals surface area contributed by atoms with Crippen molar-refractivity contribution in [2.75, 3.05) is 4.43 Å². The van der Waals surface area contributed by atoms with Crippen molar-refractivity contribution in [3.05, 3.63) is 68.7 Å². The Bertz CT molecular complexity index is 572. The van der Waals surface area contributed by atoms with Crippen molar-refractivity contribution in [2.24, 2.45) is 0 Å². The molecule has 2 aromatic carbocycles. The Labute approximate surface area is 147 Å². The molecule has 0 aromatic heterocycles. The Morgan fingerprint density at radius 1 is 0.950 bits per heavy atom. The van der Waals surface area contributed by atoms with Crippen LogP contribution < -0.4 is 0 Å². The number of ether oxygens (including phenoxy) is 1. The highest BCUT2D eigenvalue weighted by Crippen LogP contribution is 2.30. The first-order chi connectivity index (χ1) is 9.60. The predicted octanol–water partition coefficient (Wildman–Crippen LogP) is 6.34. The van der Waals surface area contributed by atoms with Crippen LogP contribution in [0, 0.1) is 0 Å². The summed E-state index contributed by atoms with van der Waals surface area (Å²) in [6.07, 6.45) is -0.0592. The second kappa shape index (κ2) is 7.85. The van der Waals surface area contributed by atoms with Gasteiger partial charge in [0.15, 0.2) is 0 Å². The highest BCUT2D eigenvalue weighted by atomic mass is 127. The van der Waals surface area contributed by atoms with Crippen molar-refractivity contribution in [3.8, 4) is 0 Å². The quantitative estimate of drug-likeness (QED) is 0.389. The summed E-state index contributed by atoms with van der Waals surface area (Å²) in [7, 11) is 0. The summed E-state index contributed by atoms with van der Waals surface area (Å²) in [6.45, 7) is 0.518. The van der Waals surface area contributed by atoms with Gasteiger partial charge in [0, 0.05) is 25.1 Å². The lowest BCUT2D eigenvalue weighted by molar-refractivity contribution is 0.0578. The zero-order valence-corrected chi connectivity index (χ0v) is 14.9. The smallest absolute Gasteiger partial charge is 0.0933 e. The van der Waals surface area contributed by atoms with Crippen molar-refractivity contribution in [1.29, 1.82) is 0 Å². The number of hydrogen-bond donors (Lipinski definition) is 0. The third-order valence-electron chi connectivity index (χ3n) is 2.81. The van der Waals surface area contributed by atoms with Crippen LogP contribution in [0.4, 0.5) is 0 Å². The first kappa shape index (κ1) is 16.4. The molecule has 0 aliphatic heterocycles. The molecular weight excluding hydrogens is 429 g/mol. The van der Waals surface area contributed by atoms with Gasteiger partial charge in [-0.15, -0.1) is 0 Å². The van der Waals surface area contributed by atoms with Crippen molar-refractivity contribution < 1.29 is 4.74 Å². The highest BCUT2D eigenvalue weighted by molar-refractivity contribution is 14.1. The van der Waals surface area contributed by atoms with Gasteiger partial charge in [0.05, 0.1) is 12.7 Å². The zero-order chi connectivity index (χ0) is 14.5. The molecular formula is C15H12Cl3IO. The van der Waals surface area contributed by atoms with E-state index in [-0.39, 0.29) is 6.10 Å². The SMILES string of the molecule is Clc1ccc(COC(CI)c2ccc(Cl)cc2Cl)cc1. The average molecular weight is 442 g/mol. The second-order valence-electron chi connectivity index (χ2n) is 4.25.